The summed E-state index contributed by atoms with van der Waals surface area (Å²) in [5, 5.41) is 25.0. The maximum Gasteiger partial charge on any atom is 0.320 e. The first-order chi connectivity index (χ1) is 11.3. The van der Waals surface area contributed by atoms with Gasteiger partial charge in [0.05, 0.1) is 22.6 Å². The zero-order chi connectivity index (χ0) is 17.9. The fraction of sp³-hybridized carbons (Fsp3) is 0.0714. The lowest BCUT2D eigenvalue weighted by Crippen LogP contribution is -2.12. The molecule has 0 aromatic heterocycles. The summed E-state index contributed by atoms with van der Waals surface area (Å²) in [6, 6.07) is 7.86. The average Bonchev–Trinajstić information content (AvgIpc) is 2.54. The number of ether oxygens (including phenoxy) is 1. The summed E-state index contributed by atoms with van der Waals surface area (Å²) in [4.78, 5) is 32.6. The Bertz CT molecular complexity index is 787. The SMILES string of the molecule is COc1c([N+](=O)[O-])cc(NC(=O)c2ccc(Cl)cc2)cc1[N+](=O)[O-]. The number of nitro groups is 2. The van der Waals surface area contributed by atoms with Gasteiger partial charge in [-0.25, -0.2) is 0 Å². The molecular formula is C14H10ClN3O6. The number of halogens is 1. The second-order valence-electron chi connectivity index (χ2n) is 4.52. The van der Waals surface area contributed by atoms with Gasteiger partial charge in [0.2, 0.25) is 0 Å². The van der Waals surface area contributed by atoms with Crippen LogP contribution >= 0.6 is 11.6 Å². The van der Waals surface area contributed by atoms with E-state index in [2.05, 4.69) is 5.32 Å². The minimum absolute atomic E-state index is 0.103. The lowest BCUT2D eigenvalue weighted by molar-refractivity contribution is -0.395. The van der Waals surface area contributed by atoms with Crippen molar-refractivity contribution in [3.05, 3.63) is 67.2 Å². The molecular weight excluding hydrogens is 342 g/mol. The highest BCUT2D eigenvalue weighted by Crippen LogP contribution is 2.39. The van der Waals surface area contributed by atoms with Crippen LogP contribution in [0.3, 0.4) is 0 Å². The number of nitro benzene ring substituents is 2. The Balaban J connectivity index is 2.43. The number of benzene rings is 2. The van der Waals surface area contributed by atoms with Crippen LogP contribution in [0.25, 0.3) is 0 Å². The summed E-state index contributed by atoms with van der Waals surface area (Å²) in [5.74, 6) is -1.09. The van der Waals surface area contributed by atoms with Gasteiger partial charge in [-0.2, -0.15) is 0 Å². The van der Waals surface area contributed by atoms with Crippen molar-refractivity contribution in [1.29, 1.82) is 0 Å². The molecule has 1 amide bonds. The highest BCUT2D eigenvalue weighted by molar-refractivity contribution is 6.30. The van der Waals surface area contributed by atoms with Crippen LogP contribution in [0.1, 0.15) is 10.4 Å². The number of hydrogen-bond acceptors (Lipinski definition) is 6. The molecule has 0 bridgehead atoms. The molecule has 0 spiro atoms. The first-order valence-electron chi connectivity index (χ1n) is 6.41. The molecule has 9 nitrogen and oxygen atoms in total. The van der Waals surface area contributed by atoms with Gasteiger partial charge >= 0.3 is 11.4 Å². The van der Waals surface area contributed by atoms with Crippen molar-refractivity contribution in [2.24, 2.45) is 0 Å². The average molecular weight is 352 g/mol. The third-order valence-corrected chi connectivity index (χ3v) is 3.26. The number of methoxy groups -OCH3 is 1. The highest BCUT2D eigenvalue weighted by atomic mass is 35.5. The van der Waals surface area contributed by atoms with Crippen LogP contribution < -0.4 is 10.1 Å². The summed E-state index contributed by atoms with van der Waals surface area (Å²) >= 11 is 5.73. The number of hydrogen-bond donors (Lipinski definition) is 1. The second-order valence-corrected chi connectivity index (χ2v) is 4.96. The Hall–Kier alpha value is -3.20. The topological polar surface area (TPSA) is 125 Å². The third-order valence-electron chi connectivity index (χ3n) is 3.01. The molecule has 24 heavy (non-hydrogen) atoms. The van der Waals surface area contributed by atoms with Crippen LogP contribution in [0.15, 0.2) is 36.4 Å². The smallest absolute Gasteiger partial charge is 0.320 e. The predicted octanol–water partition coefficient (Wildman–Crippen LogP) is 3.42. The first-order valence-corrected chi connectivity index (χ1v) is 6.79. The Kier molecular flexibility index (Phi) is 4.95. The third kappa shape index (κ3) is 3.58. The molecule has 124 valence electrons. The molecule has 10 heteroatoms. The van der Waals surface area contributed by atoms with Crippen LogP contribution in [0, 0.1) is 20.2 Å². The van der Waals surface area contributed by atoms with Crippen molar-refractivity contribution in [2.45, 2.75) is 0 Å². The maximum atomic E-state index is 12.1. The molecule has 1 N–H and O–H groups in total. The summed E-state index contributed by atoms with van der Waals surface area (Å²) in [6.07, 6.45) is 0. The number of rotatable bonds is 5. The van der Waals surface area contributed by atoms with E-state index >= 15 is 0 Å². The molecule has 2 aromatic carbocycles. The van der Waals surface area contributed by atoms with Gasteiger partial charge in [-0.05, 0) is 24.3 Å². The largest absolute Gasteiger partial charge is 0.485 e. The van der Waals surface area contributed by atoms with Crippen LogP contribution in [0.4, 0.5) is 17.1 Å². The van der Waals surface area contributed by atoms with E-state index in [0.717, 1.165) is 19.2 Å². The molecule has 2 rings (SSSR count). The van der Waals surface area contributed by atoms with Crippen LogP contribution in [0.2, 0.25) is 5.02 Å². The molecule has 0 aliphatic carbocycles. The van der Waals surface area contributed by atoms with Gasteiger partial charge in [0.1, 0.15) is 0 Å². The maximum absolute atomic E-state index is 12.1. The second kappa shape index (κ2) is 6.92. The van der Waals surface area contributed by atoms with Gasteiger partial charge in [0, 0.05) is 22.7 Å². The first kappa shape index (κ1) is 17.2. The van der Waals surface area contributed by atoms with E-state index in [4.69, 9.17) is 16.3 Å². The molecule has 0 fully saturated rings. The van der Waals surface area contributed by atoms with E-state index in [0.29, 0.717) is 5.02 Å². The van der Waals surface area contributed by atoms with Crippen molar-refractivity contribution in [2.75, 3.05) is 12.4 Å². The molecule has 0 radical (unpaired) electrons. The van der Waals surface area contributed by atoms with Crippen molar-refractivity contribution in [1.82, 2.24) is 0 Å². The minimum atomic E-state index is -0.830. The van der Waals surface area contributed by atoms with E-state index in [1.165, 1.54) is 24.3 Å². The standard InChI is InChI=1S/C14H10ClN3O6/c1-24-13-11(17(20)21)6-10(7-12(13)18(22)23)16-14(19)8-2-4-9(15)5-3-8/h2-7H,1H3,(H,16,19). The molecule has 0 atom stereocenters. The Morgan fingerprint density at radius 3 is 2.00 bits per heavy atom. The monoisotopic (exact) mass is 351 g/mol. The van der Waals surface area contributed by atoms with E-state index in [-0.39, 0.29) is 11.3 Å². The van der Waals surface area contributed by atoms with Crippen molar-refractivity contribution in [3.8, 4) is 5.75 Å². The van der Waals surface area contributed by atoms with Gasteiger partial charge in [-0.1, -0.05) is 11.6 Å². The summed E-state index contributed by atoms with van der Waals surface area (Å²) in [5.41, 5.74) is -1.12. The van der Waals surface area contributed by atoms with Crippen molar-refractivity contribution in [3.63, 3.8) is 0 Å². The molecule has 0 saturated heterocycles. The van der Waals surface area contributed by atoms with Gasteiger partial charge in [0.15, 0.2) is 0 Å². The summed E-state index contributed by atoms with van der Waals surface area (Å²) in [7, 11) is 1.08. The lowest BCUT2D eigenvalue weighted by Gasteiger charge is -2.08. The number of carbonyl (C=O) groups is 1. The Morgan fingerprint density at radius 1 is 1.08 bits per heavy atom. The van der Waals surface area contributed by atoms with E-state index in [1.54, 1.807) is 0 Å². The van der Waals surface area contributed by atoms with Crippen molar-refractivity contribution < 1.29 is 19.4 Å². The van der Waals surface area contributed by atoms with E-state index in [1.807, 2.05) is 0 Å². The van der Waals surface area contributed by atoms with E-state index < -0.39 is 32.9 Å². The van der Waals surface area contributed by atoms with Crippen molar-refractivity contribution >= 4 is 34.6 Å². The normalized spacial score (nSPS) is 10.1. The van der Waals surface area contributed by atoms with Gasteiger partial charge in [0.25, 0.3) is 11.7 Å². The molecule has 0 aliphatic heterocycles. The van der Waals surface area contributed by atoms with Gasteiger partial charge < -0.3 is 10.1 Å². The number of anilines is 1. The fourth-order valence-electron chi connectivity index (χ4n) is 1.96. The summed E-state index contributed by atoms with van der Waals surface area (Å²) < 4.78 is 4.75. The molecule has 0 heterocycles. The highest BCUT2D eigenvalue weighted by Gasteiger charge is 2.28. The number of nitrogens with one attached hydrogen (secondary N) is 1. The van der Waals surface area contributed by atoms with Crippen LogP contribution in [0.5, 0.6) is 5.75 Å². The fourth-order valence-corrected chi connectivity index (χ4v) is 2.08. The van der Waals surface area contributed by atoms with Gasteiger partial charge in [-0.15, -0.1) is 0 Å². The molecule has 0 unspecified atom stereocenters. The molecule has 0 saturated carbocycles. The Morgan fingerprint density at radius 2 is 1.58 bits per heavy atom. The lowest BCUT2D eigenvalue weighted by atomic mass is 10.2. The van der Waals surface area contributed by atoms with Gasteiger partial charge in [-0.3, -0.25) is 25.0 Å². The zero-order valence-corrected chi connectivity index (χ0v) is 12.9. The predicted molar refractivity (Wildman–Crippen MR) is 85.7 cm³/mol. The van der Waals surface area contributed by atoms with Crippen LogP contribution in [-0.4, -0.2) is 22.9 Å². The minimum Gasteiger partial charge on any atom is -0.485 e. The molecule has 0 aliphatic rings. The van der Waals surface area contributed by atoms with E-state index in [9.17, 15) is 25.0 Å². The summed E-state index contributed by atoms with van der Waals surface area (Å²) in [6.45, 7) is 0. The number of carbonyl (C=O) groups excluding carboxylic acids is 1. The number of amides is 1. The molecule has 2 aromatic rings. The van der Waals surface area contributed by atoms with Crippen LogP contribution in [-0.2, 0) is 0 Å². The quantitative estimate of drug-likeness (QED) is 0.650. The number of nitrogens with zero attached hydrogens (tertiary/aromatic N) is 2. The Labute approximate surface area is 140 Å². The zero-order valence-electron chi connectivity index (χ0n) is 12.2.